The minimum Gasteiger partial charge on any atom is -0.475 e. The molecule has 0 saturated heterocycles. The van der Waals surface area contributed by atoms with Crippen LogP contribution in [0.15, 0.2) is 34.5 Å². The van der Waals surface area contributed by atoms with E-state index >= 15 is 0 Å². The fourth-order valence-corrected chi connectivity index (χ4v) is 2.62. The van der Waals surface area contributed by atoms with Gasteiger partial charge in [0.25, 0.3) is 0 Å². The van der Waals surface area contributed by atoms with E-state index in [0.29, 0.717) is 24.7 Å². The van der Waals surface area contributed by atoms with E-state index in [9.17, 15) is 13.2 Å². The van der Waals surface area contributed by atoms with Crippen LogP contribution in [0.25, 0.3) is 0 Å². The molecule has 4 nitrogen and oxygen atoms in total. The number of aliphatic imine (C=N–C) groups is 2. The third kappa shape index (κ3) is 3.09. The van der Waals surface area contributed by atoms with E-state index < -0.39 is 17.5 Å². The summed E-state index contributed by atoms with van der Waals surface area (Å²) >= 11 is 0. The fourth-order valence-electron chi connectivity index (χ4n) is 2.62. The quantitative estimate of drug-likeness (QED) is 0.782. The molecule has 0 bridgehead atoms. The first-order valence-corrected chi connectivity index (χ1v) is 7.14. The Kier molecular flexibility index (Phi) is 3.66. The van der Waals surface area contributed by atoms with Crippen molar-refractivity contribution in [2.45, 2.75) is 32.4 Å². The van der Waals surface area contributed by atoms with Crippen molar-refractivity contribution < 1.29 is 17.9 Å². The van der Waals surface area contributed by atoms with Gasteiger partial charge in [0, 0.05) is 0 Å². The maximum atomic E-state index is 13.2. The molecule has 2 aliphatic heterocycles. The van der Waals surface area contributed by atoms with Crippen molar-refractivity contribution in [3.8, 4) is 0 Å². The second-order valence-electron chi connectivity index (χ2n) is 6.19. The van der Waals surface area contributed by atoms with Crippen LogP contribution in [0.3, 0.4) is 0 Å². The number of fused-ring (bicyclic) bond motifs is 1. The first-order chi connectivity index (χ1) is 10.7. The summed E-state index contributed by atoms with van der Waals surface area (Å²) in [6.45, 7) is 8.48. The van der Waals surface area contributed by atoms with Crippen molar-refractivity contribution in [2.75, 3.05) is 6.54 Å². The molecule has 0 N–H and O–H groups in total. The summed E-state index contributed by atoms with van der Waals surface area (Å²) in [4.78, 5) is 10.8. The van der Waals surface area contributed by atoms with Gasteiger partial charge < -0.3 is 9.64 Å². The van der Waals surface area contributed by atoms with E-state index in [1.54, 1.807) is 0 Å². The van der Waals surface area contributed by atoms with Gasteiger partial charge in [-0.25, -0.2) is 18.2 Å². The Hall–Kier alpha value is -2.31. The molecular weight excluding hydrogens is 307 g/mol. The molecule has 2 heterocycles. The molecule has 0 fully saturated rings. The van der Waals surface area contributed by atoms with Gasteiger partial charge in [-0.3, -0.25) is 4.99 Å². The molecule has 0 amide bonds. The Balaban J connectivity index is 1.72. The van der Waals surface area contributed by atoms with Crippen molar-refractivity contribution in [1.29, 1.82) is 0 Å². The van der Waals surface area contributed by atoms with Gasteiger partial charge in [-0.2, -0.15) is 0 Å². The zero-order valence-electron chi connectivity index (χ0n) is 12.9. The van der Waals surface area contributed by atoms with Gasteiger partial charge in [0.1, 0.15) is 18.3 Å². The molecule has 0 saturated carbocycles. The van der Waals surface area contributed by atoms with Gasteiger partial charge in [0.2, 0.25) is 0 Å². The first-order valence-electron chi connectivity index (χ1n) is 7.14. The van der Waals surface area contributed by atoms with Crippen LogP contribution in [0, 0.1) is 17.5 Å². The number of amidine groups is 1. The molecule has 1 aromatic rings. The van der Waals surface area contributed by atoms with Crippen LogP contribution >= 0.6 is 0 Å². The van der Waals surface area contributed by atoms with Crippen LogP contribution in [0.1, 0.15) is 25.8 Å². The molecule has 0 unspecified atom stereocenters. The minimum atomic E-state index is -1.49. The van der Waals surface area contributed by atoms with Crippen LogP contribution < -0.4 is 0 Å². The largest absolute Gasteiger partial charge is 0.475 e. The Morgan fingerprint density at radius 3 is 2.57 bits per heavy atom. The molecule has 23 heavy (non-hydrogen) atoms. The van der Waals surface area contributed by atoms with E-state index in [0.717, 1.165) is 18.0 Å². The van der Waals surface area contributed by atoms with Gasteiger partial charge in [-0.15, -0.1) is 0 Å². The van der Waals surface area contributed by atoms with Crippen LogP contribution in [0.5, 0.6) is 0 Å². The van der Waals surface area contributed by atoms with Crippen molar-refractivity contribution in [3.05, 3.63) is 47.5 Å². The summed E-state index contributed by atoms with van der Waals surface area (Å²) in [5.41, 5.74) is -0.0299. The summed E-state index contributed by atoms with van der Waals surface area (Å²) in [6, 6.07) is 1.80. The predicted molar refractivity (Wildman–Crippen MR) is 80.5 cm³/mol. The summed E-state index contributed by atoms with van der Waals surface area (Å²) in [5, 5.41) is 0. The molecule has 2 aliphatic rings. The highest BCUT2D eigenvalue weighted by Crippen LogP contribution is 2.28. The summed E-state index contributed by atoms with van der Waals surface area (Å²) in [6.07, 6.45) is 0.384. The van der Waals surface area contributed by atoms with E-state index in [2.05, 4.69) is 16.6 Å². The summed E-state index contributed by atoms with van der Waals surface area (Å²) < 4.78 is 44.8. The molecule has 0 radical (unpaired) electrons. The lowest BCUT2D eigenvalue weighted by atomic mass is 10.1. The zero-order valence-corrected chi connectivity index (χ0v) is 12.9. The predicted octanol–water partition coefficient (Wildman–Crippen LogP) is 3.39. The van der Waals surface area contributed by atoms with Gasteiger partial charge in [0.15, 0.2) is 23.3 Å². The number of ether oxygens (including phenoxy) is 1. The molecule has 0 aromatic heterocycles. The maximum Gasteiger partial charge on any atom is 0.197 e. The number of hydrogen-bond acceptors (Lipinski definition) is 4. The molecular formula is C16H16F3N3O. The third-order valence-electron chi connectivity index (χ3n) is 3.61. The summed E-state index contributed by atoms with van der Waals surface area (Å²) in [7, 11) is 0. The average Bonchev–Trinajstić information content (AvgIpc) is 2.77. The minimum absolute atomic E-state index is 0.114. The van der Waals surface area contributed by atoms with Gasteiger partial charge >= 0.3 is 0 Å². The highest BCUT2D eigenvalue weighted by atomic mass is 19.2. The van der Waals surface area contributed by atoms with Crippen molar-refractivity contribution >= 4 is 11.7 Å². The normalized spacial score (nSPS) is 19.3. The highest BCUT2D eigenvalue weighted by Gasteiger charge is 2.35. The van der Waals surface area contributed by atoms with Crippen molar-refractivity contribution in [1.82, 2.24) is 4.90 Å². The monoisotopic (exact) mass is 323 g/mol. The lowest BCUT2D eigenvalue weighted by molar-refractivity contribution is 0.279. The molecule has 1 aromatic carbocycles. The zero-order chi connectivity index (χ0) is 16.8. The number of nitrogens with zero attached hydrogens (tertiary/aromatic N) is 3. The number of benzene rings is 1. The molecule has 7 heteroatoms. The average molecular weight is 323 g/mol. The van der Waals surface area contributed by atoms with Crippen molar-refractivity contribution in [3.63, 3.8) is 0 Å². The Labute approximate surface area is 132 Å². The molecule has 0 aliphatic carbocycles. The maximum absolute atomic E-state index is 13.2. The van der Waals surface area contributed by atoms with E-state index in [4.69, 9.17) is 4.74 Å². The smallest absolute Gasteiger partial charge is 0.197 e. The van der Waals surface area contributed by atoms with E-state index in [1.165, 1.54) is 0 Å². The molecule has 122 valence electrons. The number of rotatable bonds is 2. The number of halogens is 3. The van der Waals surface area contributed by atoms with E-state index in [-0.39, 0.29) is 17.7 Å². The SMILES string of the molecule is C=C1N=C(OCc2cc(F)c(F)c(F)c2)CC2=NC(C)(C)CN12. The Morgan fingerprint density at radius 2 is 1.91 bits per heavy atom. The second kappa shape index (κ2) is 5.40. The van der Waals surface area contributed by atoms with Crippen LogP contribution in [0.2, 0.25) is 0 Å². The van der Waals surface area contributed by atoms with Gasteiger partial charge in [0.05, 0.1) is 18.5 Å². The van der Waals surface area contributed by atoms with Gasteiger partial charge in [-0.05, 0) is 31.5 Å². The molecule has 0 spiro atoms. The topological polar surface area (TPSA) is 37.2 Å². The fraction of sp³-hybridized carbons (Fsp3) is 0.375. The number of hydrogen-bond donors (Lipinski definition) is 0. The second-order valence-corrected chi connectivity index (χ2v) is 6.19. The molecule has 3 rings (SSSR count). The standard InChI is InChI=1S/C16H16F3N3O/c1-9-20-14(6-13-21-16(2,3)8-22(9)13)23-7-10-4-11(17)15(19)12(18)5-10/h4-5H,1,6-8H2,2-3H3. The lowest BCUT2D eigenvalue weighted by Gasteiger charge is -2.26. The summed E-state index contributed by atoms with van der Waals surface area (Å²) in [5.74, 6) is -2.28. The Bertz CT molecular complexity index is 717. The molecule has 0 atom stereocenters. The lowest BCUT2D eigenvalue weighted by Crippen LogP contribution is -2.35. The van der Waals surface area contributed by atoms with Gasteiger partial charge in [-0.1, -0.05) is 6.58 Å². The van der Waals surface area contributed by atoms with Crippen LogP contribution in [-0.4, -0.2) is 28.7 Å². The third-order valence-corrected chi connectivity index (χ3v) is 3.61. The van der Waals surface area contributed by atoms with Crippen LogP contribution in [0.4, 0.5) is 13.2 Å². The first kappa shape index (κ1) is 15.6. The Morgan fingerprint density at radius 1 is 1.26 bits per heavy atom. The van der Waals surface area contributed by atoms with Crippen molar-refractivity contribution in [2.24, 2.45) is 9.98 Å². The van der Waals surface area contributed by atoms with E-state index in [1.807, 2.05) is 18.7 Å². The van der Waals surface area contributed by atoms with Crippen LogP contribution in [-0.2, 0) is 11.3 Å². The highest BCUT2D eigenvalue weighted by molar-refractivity contribution is 6.04.